The van der Waals surface area contributed by atoms with Crippen LogP contribution in [0, 0.1) is 11.9 Å². The number of piperidine rings is 1. The van der Waals surface area contributed by atoms with Crippen LogP contribution in [0.15, 0.2) is 48.8 Å². The number of nitrogens with one attached hydrogen (secondary N) is 2. The van der Waals surface area contributed by atoms with E-state index in [2.05, 4.69) is 15.6 Å². The summed E-state index contributed by atoms with van der Waals surface area (Å²) in [5.74, 6) is -1.21. The van der Waals surface area contributed by atoms with Gasteiger partial charge in [0.1, 0.15) is 11.7 Å². The van der Waals surface area contributed by atoms with Gasteiger partial charge < -0.3 is 20.5 Å². The van der Waals surface area contributed by atoms with E-state index in [9.17, 15) is 14.4 Å². The average molecular weight is 542 g/mol. The molecule has 40 heavy (non-hydrogen) atoms. The first-order valence-electron chi connectivity index (χ1n) is 13.5. The summed E-state index contributed by atoms with van der Waals surface area (Å²) in [6, 6.07) is 9.83. The second-order valence-corrected chi connectivity index (χ2v) is 10.7. The van der Waals surface area contributed by atoms with Crippen LogP contribution in [0.1, 0.15) is 29.7 Å². The Kier molecular flexibility index (Phi) is 5.79. The normalized spacial score (nSPS) is 20.1. The largest absolute Gasteiger partial charge is 0.341 e. The summed E-state index contributed by atoms with van der Waals surface area (Å²) in [6.07, 6.45) is 5.07. The Morgan fingerprint density at radius 1 is 1.10 bits per heavy atom. The summed E-state index contributed by atoms with van der Waals surface area (Å²) in [6.45, 7) is 2.38. The molecule has 0 aliphatic carbocycles. The molecule has 11 heteroatoms. The van der Waals surface area contributed by atoms with Crippen molar-refractivity contribution in [2.75, 3.05) is 19.6 Å². The molecule has 0 saturated carbocycles. The number of fused-ring (bicyclic) bond motifs is 1. The van der Waals surface area contributed by atoms with Crippen molar-refractivity contribution >= 4 is 45.4 Å². The first-order valence-corrected chi connectivity index (χ1v) is 13.5. The van der Waals surface area contributed by atoms with E-state index < -0.39 is 23.8 Å². The van der Waals surface area contributed by atoms with Gasteiger partial charge in [-0.2, -0.15) is 4.39 Å². The van der Waals surface area contributed by atoms with Gasteiger partial charge in [0.15, 0.2) is 5.95 Å². The number of benzene rings is 1. The molecule has 4 N–H and O–H groups in total. The van der Waals surface area contributed by atoms with Gasteiger partial charge in [-0.05, 0) is 48.6 Å². The Balaban J connectivity index is 1.31. The monoisotopic (exact) mass is 541 g/mol. The summed E-state index contributed by atoms with van der Waals surface area (Å²) in [5.41, 5.74) is 9.14. The number of halogens is 1. The van der Waals surface area contributed by atoms with Gasteiger partial charge in [-0.25, -0.2) is 4.98 Å². The molecule has 0 spiro atoms. The number of imidazole rings is 1. The summed E-state index contributed by atoms with van der Waals surface area (Å²) >= 11 is 0. The highest BCUT2D eigenvalue weighted by Gasteiger charge is 2.36. The second-order valence-electron chi connectivity index (χ2n) is 10.7. The highest BCUT2D eigenvalue weighted by Crippen LogP contribution is 2.38. The molecule has 10 nitrogen and oxygen atoms in total. The number of pyridine rings is 1. The molecule has 204 valence electrons. The lowest BCUT2D eigenvalue weighted by molar-refractivity contribution is -0.135. The lowest BCUT2D eigenvalue weighted by Crippen LogP contribution is -2.50. The van der Waals surface area contributed by atoms with Gasteiger partial charge in [-0.15, -0.1) is 0 Å². The summed E-state index contributed by atoms with van der Waals surface area (Å²) in [5, 5.41) is 6.24. The SMILES string of the molecule is NCC1CCN(C(=O)C2Cn3c(F)cc4c(C5=C(c6cnc7ccccn67)C(=O)NC5=O)ccc(c43)CN2)CC1. The molecule has 3 aliphatic heterocycles. The second kappa shape index (κ2) is 9.39. The third-order valence-electron chi connectivity index (χ3n) is 8.43. The number of likely N-dealkylation sites (tertiary alicyclic amines) is 1. The van der Waals surface area contributed by atoms with Crippen molar-refractivity contribution in [3.05, 3.63) is 71.6 Å². The topological polar surface area (TPSA) is 127 Å². The van der Waals surface area contributed by atoms with Crippen LogP contribution in [0.3, 0.4) is 0 Å². The quantitative estimate of drug-likeness (QED) is 0.338. The van der Waals surface area contributed by atoms with Gasteiger partial charge in [-0.3, -0.25) is 24.1 Å². The number of amides is 3. The Hall–Kier alpha value is -4.35. The fourth-order valence-corrected chi connectivity index (χ4v) is 6.29. The number of imide groups is 1. The number of aromatic nitrogens is 3. The molecule has 1 atom stereocenters. The molecule has 4 aromatic rings. The molecular weight excluding hydrogens is 513 g/mol. The Morgan fingerprint density at radius 2 is 1.90 bits per heavy atom. The fourth-order valence-electron chi connectivity index (χ4n) is 6.29. The van der Waals surface area contributed by atoms with E-state index in [0.29, 0.717) is 59.9 Å². The number of hydrogen-bond donors (Lipinski definition) is 3. The summed E-state index contributed by atoms with van der Waals surface area (Å²) < 4.78 is 18.8. The van der Waals surface area contributed by atoms with Gasteiger partial charge in [0.2, 0.25) is 5.91 Å². The highest BCUT2D eigenvalue weighted by atomic mass is 19.1. The number of nitrogens with two attached hydrogens (primary N) is 1. The van der Waals surface area contributed by atoms with E-state index in [1.165, 1.54) is 10.6 Å². The minimum atomic E-state index is -0.598. The van der Waals surface area contributed by atoms with E-state index >= 15 is 4.39 Å². The van der Waals surface area contributed by atoms with Crippen molar-refractivity contribution < 1.29 is 18.8 Å². The molecule has 0 bridgehead atoms. The first kappa shape index (κ1) is 24.7. The molecule has 1 unspecified atom stereocenters. The zero-order valence-corrected chi connectivity index (χ0v) is 21.7. The van der Waals surface area contributed by atoms with Gasteiger partial charge in [0, 0.05) is 43.8 Å². The van der Waals surface area contributed by atoms with E-state index in [0.717, 1.165) is 18.4 Å². The zero-order chi connectivity index (χ0) is 27.5. The maximum absolute atomic E-state index is 15.6. The van der Waals surface area contributed by atoms with Gasteiger partial charge in [0.05, 0.1) is 28.6 Å². The third kappa shape index (κ3) is 3.76. The van der Waals surface area contributed by atoms with E-state index in [1.807, 2.05) is 29.2 Å². The van der Waals surface area contributed by atoms with E-state index in [4.69, 9.17) is 5.73 Å². The van der Waals surface area contributed by atoms with Crippen LogP contribution >= 0.6 is 0 Å². The minimum absolute atomic E-state index is 0.0527. The maximum atomic E-state index is 15.6. The van der Waals surface area contributed by atoms with Crippen LogP contribution in [0.25, 0.3) is 27.7 Å². The molecule has 3 amide bonds. The highest BCUT2D eigenvalue weighted by molar-refractivity contribution is 6.49. The standard InChI is InChI=1S/C29H28FN7O3/c30-22-11-19-18(24-25(28(39)34-27(24)38)21-14-33-23-3-1-2-8-36(21)23)5-4-17-13-32-20(15-37(22)26(17)19)29(40)35-9-6-16(12-31)7-10-35/h1-5,8,11,14,16,20,32H,6-7,9-10,12-13,15,31H2,(H,34,38,39). The number of hydrogen-bond acceptors (Lipinski definition) is 6. The lowest BCUT2D eigenvalue weighted by atomic mass is 9.95. The van der Waals surface area contributed by atoms with Crippen LogP contribution < -0.4 is 16.4 Å². The molecule has 1 aromatic carbocycles. The zero-order valence-electron chi connectivity index (χ0n) is 21.7. The molecule has 1 saturated heterocycles. The van der Waals surface area contributed by atoms with Crippen LogP contribution in [0.5, 0.6) is 0 Å². The van der Waals surface area contributed by atoms with Crippen molar-refractivity contribution in [2.45, 2.75) is 32.0 Å². The van der Waals surface area contributed by atoms with Gasteiger partial charge >= 0.3 is 0 Å². The number of rotatable bonds is 4. The lowest BCUT2D eigenvalue weighted by Gasteiger charge is -2.34. The molecule has 7 rings (SSSR count). The van der Waals surface area contributed by atoms with E-state index in [1.54, 1.807) is 22.9 Å². The predicted molar refractivity (Wildman–Crippen MR) is 146 cm³/mol. The fraction of sp³-hybridized carbons (Fsp3) is 0.310. The van der Waals surface area contributed by atoms with Gasteiger partial charge in [0.25, 0.3) is 11.8 Å². The Morgan fingerprint density at radius 3 is 2.70 bits per heavy atom. The average Bonchev–Trinajstić information content (AvgIpc) is 3.57. The maximum Gasteiger partial charge on any atom is 0.261 e. The van der Waals surface area contributed by atoms with Crippen LogP contribution in [0.2, 0.25) is 0 Å². The molecular formula is C29H28FN7O3. The van der Waals surface area contributed by atoms with Crippen molar-refractivity contribution in [3.63, 3.8) is 0 Å². The van der Waals surface area contributed by atoms with Crippen LogP contribution in [-0.2, 0) is 27.5 Å². The van der Waals surface area contributed by atoms with Crippen molar-refractivity contribution in [2.24, 2.45) is 11.7 Å². The van der Waals surface area contributed by atoms with Crippen molar-refractivity contribution in [1.29, 1.82) is 0 Å². The third-order valence-corrected chi connectivity index (χ3v) is 8.43. The molecule has 6 heterocycles. The predicted octanol–water partition coefficient (Wildman–Crippen LogP) is 1.66. The first-order chi connectivity index (χ1) is 19.4. The van der Waals surface area contributed by atoms with Crippen molar-refractivity contribution in [1.82, 2.24) is 29.5 Å². The summed E-state index contributed by atoms with van der Waals surface area (Å²) in [4.78, 5) is 45.9. The number of carbonyl (C=O) groups excluding carboxylic acids is 3. The van der Waals surface area contributed by atoms with E-state index in [-0.39, 0.29) is 23.6 Å². The minimum Gasteiger partial charge on any atom is -0.341 e. The van der Waals surface area contributed by atoms with Crippen LogP contribution in [0.4, 0.5) is 4.39 Å². The van der Waals surface area contributed by atoms with Crippen molar-refractivity contribution in [3.8, 4) is 0 Å². The van der Waals surface area contributed by atoms with Gasteiger partial charge in [-0.1, -0.05) is 18.2 Å². The van der Waals surface area contributed by atoms with Crippen LogP contribution in [-0.4, -0.2) is 62.2 Å². The molecule has 0 radical (unpaired) electrons. The smallest absolute Gasteiger partial charge is 0.261 e. The Labute approximate surface area is 228 Å². The Bertz CT molecular complexity index is 1740. The number of nitrogens with zero attached hydrogens (tertiary/aromatic N) is 4. The number of carbonyl (C=O) groups is 3. The summed E-state index contributed by atoms with van der Waals surface area (Å²) in [7, 11) is 0. The molecule has 1 fully saturated rings. The molecule has 3 aromatic heterocycles. The molecule has 3 aliphatic rings.